The molecule has 0 radical (unpaired) electrons. The summed E-state index contributed by atoms with van der Waals surface area (Å²) in [5, 5.41) is 9.42. The van der Waals surface area contributed by atoms with Gasteiger partial charge in [-0.1, -0.05) is 0 Å². The van der Waals surface area contributed by atoms with Crippen LogP contribution in [0, 0.1) is 6.92 Å². The van der Waals surface area contributed by atoms with Gasteiger partial charge in [-0.3, -0.25) is 14.0 Å². The summed E-state index contributed by atoms with van der Waals surface area (Å²) < 4.78 is 1.28. The lowest BCUT2D eigenvalue weighted by molar-refractivity contribution is 0.440. The minimum Gasteiger partial charge on any atom is -0.494 e. The number of H-pyrrole nitrogens is 1. The van der Waals surface area contributed by atoms with Gasteiger partial charge in [-0.2, -0.15) is 4.98 Å². The van der Waals surface area contributed by atoms with E-state index in [-0.39, 0.29) is 11.5 Å². The Bertz CT molecular complexity index is 560. The molecule has 2 aromatic heterocycles. The topological polar surface area (TPSA) is 87.5 Å². The van der Waals surface area contributed by atoms with Crippen LogP contribution in [0.3, 0.4) is 0 Å². The van der Waals surface area contributed by atoms with E-state index in [0.717, 1.165) is 12.1 Å². The molecule has 14 heavy (non-hydrogen) atoms. The van der Waals surface area contributed by atoms with E-state index in [1.165, 1.54) is 4.40 Å². The second-order valence-electron chi connectivity index (χ2n) is 2.85. The van der Waals surface area contributed by atoms with E-state index >= 15 is 0 Å². The van der Waals surface area contributed by atoms with E-state index in [0.29, 0.717) is 5.82 Å². The zero-order valence-electron chi connectivity index (χ0n) is 7.31. The first kappa shape index (κ1) is 8.49. The molecule has 0 atom stereocenters. The fourth-order valence-corrected chi connectivity index (χ4v) is 1.32. The molecule has 0 spiro atoms. The number of rotatable bonds is 0. The first-order valence-electron chi connectivity index (χ1n) is 3.90. The van der Waals surface area contributed by atoms with Gasteiger partial charge >= 0.3 is 0 Å². The second kappa shape index (κ2) is 2.69. The van der Waals surface area contributed by atoms with E-state index in [2.05, 4.69) is 9.97 Å². The third-order valence-corrected chi connectivity index (χ3v) is 1.84. The summed E-state index contributed by atoms with van der Waals surface area (Å²) in [4.78, 5) is 28.0. The van der Waals surface area contributed by atoms with Gasteiger partial charge in [-0.15, -0.1) is 0 Å². The van der Waals surface area contributed by atoms with Crippen molar-refractivity contribution in [1.29, 1.82) is 0 Å². The zero-order valence-corrected chi connectivity index (χ0v) is 7.31. The Hall–Kier alpha value is -2.11. The maximum atomic E-state index is 11.0. The molecule has 0 bridgehead atoms. The monoisotopic (exact) mass is 193 g/mol. The maximum Gasteiger partial charge on any atom is 0.275 e. The summed E-state index contributed by atoms with van der Waals surface area (Å²) >= 11 is 0. The molecule has 2 aromatic rings. The molecule has 0 aliphatic rings. The van der Waals surface area contributed by atoms with Gasteiger partial charge in [-0.25, -0.2) is 0 Å². The molecule has 0 aromatic carbocycles. The minimum atomic E-state index is -0.465. The number of fused-ring (bicyclic) bond motifs is 1. The largest absolute Gasteiger partial charge is 0.494 e. The third kappa shape index (κ3) is 1.17. The van der Waals surface area contributed by atoms with Crippen LogP contribution < -0.4 is 11.1 Å². The van der Waals surface area contributed by atoms with Crippen molar-refractivity contribution in [2.24, 2.45) is 0 Å². The molecule has 72 valence electrons. The molecule has 0 aliphatic carbocycles. The highest BCUT2D eigenvalue weighted by molar-refractivity contribution is 5.40. The summed E-state index contributed by atoms with van der Waals surface area (Å²) in [6.07, 6.45) is 0. The molecule has 2 N–H and O–H groups in total. The first-order chi connectivity index (χ1) is 6.58. The summed E-state index contributed by atoms with van der Waals surface area (Å²) in [5.74, 6) is 0.0787. The molecule has 6 heteroatoms. The maximum absolute atomic E-state index is 11.0. The number of aryl methyl sites for hydroxylation is 1. The number of nitrogens with one attached hydrogen (secondary N) is 1. The molecule has 6 nitrogen and oxygen atoms in total. The fraction of sp³-hybridized carbons (Fsp3) is 0.125. The minimum absolute atomic E-state index is 0.229. The van der Waals surface area contributed by atoms with Crippen molar-refractivity contribution >= 4 is 5.65 Å². The smallest absolute Gasteiger partial charge is 0.275 e. The molecule has 0 saturated heterocycles. The highest BCUT2D eigenvalue weighted by Crippen LogP contribution is 2.07. The van der Waals surface area contributed by atoms with Crippen molar-refractivity contribution in [3.63, 3.8) is 0 Å². The van der Waals surface area contributed by atoms with Crippen LogP contribution in [-0.4, -0.2) is 19.5 Å². The number of hydrogen-bond donors (Lipinski definition) is 2. The van der Waals surface area contributed by atoms with Crippen LogP contribution in [0.1, 0.15) is 5.82 Å². The Labute approximate surface area is 77.5 Å². The molecule has 2 heterocycles. The van der Waals surface area contributed by atoms with Crippen LogP contribution in [0.4, 0.5) is 0 Å². The lowest BCUT2D eigenvalue weighted by atomic mass is 10.5. The SMILES string of the molecule is Cc1nc(=O)cc2[nH]c(=O)cc(O)n12. The van der Waals surface area contributed by atoms with Crippen molar-refractivity contribution in [1.82, 2.24) is 14.4 Å². The van der Waals surface area contributed by atoms with Crippen LogP contribution in [0.15, 0.2) is 21.7 Å². The van der Waals surface area contributed by atoms with Gasteiger partial charge in [-0.05, 0) is 6.92 Å². The van der Waals surface area contributed by atoms with Gasteiger partial charge in [0.15, 0.2) is 0 Å². The normalized spacial score (nSPS) is 10.6. The summed E-state index contributed by atoms with van der Waals surface area (Å²) in [6, 6.07) is 2.17. The molecular formula is C8H7N3O3. The Balaban J connectivity index is 3.09. The molecule has 0 unspecified atom stereocenters. The van der Waals surface area contributed by atoms with Crippen molar-refractivity contribution in [3.8, 4) is 5.88 Å². The van der Waals surface area contributed by atoms with Crippen LogP contribution >= 0.6 is 0 Å². The van der Waals surface area contributed by atoms with E-state index in [1.54, 1.807) is 6.92 Å². The second-order valence-corrected chi connectivity index (χ2v) is 2.85. The molecule has 0 aliphatic heterocycles. The molecular weight excluding hydrogens is 186 g/mol. The van der Waals surface area contributed by atoms with Crippen molar-refractivity contribution in [2.75, 3.05) is 0 Å². The average molecular weight is 193 g/mol. The van der Waals surface area contributed by atoms with E-state index in [1.807, 2.05) is 0 Å². The van der Waals surface area contributed by atoms with Gasteiger partial charge in [0.2, 0.25) is 5.88 Å². The van der Waals surface area contributed by atoms with E-state index in [4.69, 9.17) is 0 Å². The van der Waals surface area contributed by atoms with E-state index < -0.39 is 11.1 Å². The highest BCUT2D eigenvalue weighted by atomic mass is 16.3. The van der Waals surface area contributed by atoms with Crippen LogP contribution in [-0.2, 0) is 0 Å². The fourth-order valence-electron chi connectivity index (χ4n) is 1.32. The summed E-state index contributed by atoms with van der Waals surface area (Å²) in [7, 11) is 0. The van der Waals surface area contributed by atoms with Crippen LogP contribution in [0.5, 0.6) is 5.88 Å². The van der Waals surface area contributed by atoms with Gasteiger partial charge < -0.3 is 10.1 Å². The number of nitrogens with zero attached hydrogens (tertiary/aromatic N) is 2. The Morgan fingerprint density at radius 1 is 1.43 bits per heavy atom. The number of aromatic amines is 1. The summed E-state index contributed by atoms with van der Waals surface area (Å²) in [5.41, 5.74) is -0.691. The van der Waals surface area contributed by atoms with Gasteiger partial charge in [0.1, 0.15) is 11.5 Å². The predicted octanol–water partition coefficient (Wildman–Crippen LogP) is -0.603. The predicted molar refractivity (Wildman–Crippen MR) is 48.5 cm³/mol. The van der Waals surface area contributed by atoms with Gasteiger partial charge in [0, 0.05) is 6.07 Å². The quantitative estimate of drug-likeness (QED) is 0.584. The number of aromatic nitrogens is 3. The van der Waals surface area contributed by atoms with Crippen LogP contribution in [0.2, 0.25) is 0 Å². The lowest BCUT2D eigenvalue weighted by Gasteiger charge is -2.04. The van der Waals surface area contributed by atoms with E-state index in [9.17, 15) is 14.7 Å². The van der Waals surface area contributed by atoms with Crippen molar-refractivity contribution in [2.45, 2.75) is 6.92 Å². The molecule has 2 rings (SSSR count). The molecule has 0 fully saturated rings. The highest BCUT2D eigenvalue weighted by Gasteiger charge is 2.04. The van der Waals surface area contributed by atoms with Crippen LogP contribution in [0.25, 0.3) is 5.65 Å². The number of aromatic hydroxyl groups is 1. The third-order valence-electron chi connectivity index (χ3n) is 1.84. The first-order valence-corrected chi connectivity index (χ1v) is 3.90. The Kier molecular flexibility index (Phi) is 1.63. The Morgan fingerprint density at radius 3 is 2.86 bits per heavy atom. The standard InChI is InChI=1S/C8H7N3O3/c1-4-9-6(12)2-5-10-7(13)3-8(14)11(4)5/h2-3,14H,1H3,(H,10,13). The van der Waals surface area contributed by atoms with Crippen molar-refractivity contribution < 1.29 is 5.11 Å². The molecule has 0 amide bonds. The van der Waals surface area contributed by atoms with Gasteiger partial charge in [0.25, 0.3) is 11.1 Å². The Morgan fingerprint density at radius 2 is 2.14 bits per heavy atom. The van der Waals surface area contributed by atoms with Gasteiger partial charge in [0.05, 0.1) is 6.07 Å². The molecule has 0 saturated carbocycles. The zero-order chi connectivity index (χ0) is 10.3. The van der Waals surface area contributed by atoms with Crippen molar-refractivity contribution in [3.05, 3.63) is 38.7 Å². The summed E-state index contributed by atoms with van der Waals surface area (Å²) in [6.45, 7) is 1.56. The average Bonchev–Trinajstić information content (AvgIpc) is 1.99. The lowest BCUT2D eigenvalue weighted by Crippen LogP contribution is -2.16. The number of hydrogen-bond acceptors (Lipinski definition) is 4.